The van der Waals surface area contributed by atoms with Gasteiger partial charge in [0.25, 0.3) is 0 Å². The molecule has 1 atom stereocenters. The normalized spacial score (nSPS) is 20.0. The lowest BCUT2D eigenvalue weighted by molar-refractivity contribution is 0.404. The van der Waals surface area contributed by atoms with Crippen LogP contribution in [0, 0.1) is 6.92 Å². The molecule has 1 aromatic carbocycles. The van der Waals surface area contributed by atoms with Crippen molar-refractivity contribution >= 4 is 33.2 Å². The predicted molar refractivity (Wildman–Crippen MR) is 94.6 cm³/mol. The zero-order valence-electron chi connectivity index (χ0n) is 13.3. The molecule has 1 saturated heterocycles. The number of benzene rings is 1. The van der Waals surface area contributed by atoms with Gasteiger partial charge in [-0.3, -0.25) is 4.98 Å². The standard InChI is InChI=1S/C16H21N3O2S.ClH/c1-12-9-17-10-14-5-3-6-15(16(12)14)22(20,21)19-8-4-7-18-13(2)11-19;/h3,5-6,9-10,13,18H,4,7-8,11H2,1-2H3;1H. The van der Waals surface area contributed by atoms with Crippen LogP contribution in [0.4, 0.5) is 0 Å². The maximum absolute atomic E-state index is 13.1. The highest BCUT2D eigenvalue weighted by molar-refractivity contribution is 7.89. The predicted octanol–water partition coefficient (Wildman–Crippen LogP) is 2.34. The summed E-state index contributed by atoms with van der Waals surface area (Å²) in [5.74, 6) is 0. The molecule has 1 aliphatic heterocycles. The molecule has 0 radical (unpaired) electrons. The highest BCUT2D eigenvalue weighted by Gasteiger charge is 2.29. The molecule has 126 valence electrons. The summed E-state index contributed by atoms with van der Waals surface area (Å²) < 4.78 is 27.9. The number of halogens is 1. The smallest absolute Gasteiger partial charge is 0.243 e. The second-order valence-corrected chi connectivity index (χ2v) is 7.79. The molecule has 1 fully saturated rings. The molecule has 23 heavy (non-hydrogen) atoms. The lowest BCUT2D eigenvalue weighted by Crippen LogP contribution is -2.39. The second kappa shape index (κ2) is 7.13. The van der Waals surface area contributed by atoms with Crippen LogP contribution in [0.5, 0.6) is 0 Å². The van der Waals surface area contributed by atoms with E-state index in [1.165, 1.54) is 0 Å². The molecule has 3 rings (SSSR count). The Balaban J connectivity index is 0.00000192. The third-order valence-electron chi connectivity index (χ3n) is 4.11. The van der Waals surface area contributed by atoms with Gasteiger partial charge in [-0.1, -0.05) is 12.1 Å². The van der Waals surface area contributed by atoms with Gasteiger partial charge in [-0.05, 0) is 38.4 Å². The molecule has 1 N–H and O–H groups in total. The highest BCUT2D eigenvalue weighted by atomic mass is 35.5. The average Bonchev–Trinajstić information content (AvgIpc) is 2.72. The average molecular weight is 356 g/mol. The first kappa shape index (κ1) is 18.1. The molecule has 2 aromatic rings. The Bertz CT molecular complexity index is 790. The molecule has 1 aromatic heterocycles. The van der Waals surface area contributed by atoms with Crippen LogP contribution in [0.1, 0.15) is 18.9 Å². The number of rotatable bonds is 2. The van der Waals surface area contributed by atoms with E-state index in [0.29, 0.717) is 18.0 Å². The third kappa shape index (κ3) is 3.50. The monoisotopic (exact) mass is 355 g/mol. The molecule has 2 heterocycles. The number of nitrogens with one attached hydrogen (secondary N) is 1. The van der Waals surface area contributed by atoms with Crippen LogP contribution < -0.4 is 5.32 Å². The van der Waals surface area contributed by atoms with E-state index < -0.39 is 10.0 Å². The van der Waals surface area contributed by atoms with Crippen molar-refractivity contribution in [3.8, 4) is 0 Å². The van der Waals surface area contributed by atoms with Gasteiger partial charge in [-0.2, -0.15) is 4.31 Å². The third-order valence-corrected chi connectivity index (χ3v) is 6.01. The van der Waals surface area contributed by atoms with Crippen LogP contribution in [0.15, 0.2) is 35.5 Å². The first-order valence-corrected chi connectivity index (χ1v) is 9.01. The van der Waals surface area contributed by atoms with E-state index >= 15 is 0 Å². The Kier molecular flexibility index (Phi) is 5.62. The van der Waals surface area contributed by atoms with E-state index in [1.54, 1.807) is 28.8 Å². The van der Waals surface area contributed by atoms with Crippen molar-refractivity contribution in [3.63, 3.8) is 0 Å². The molecular formula is C16H22ClN3O2S. The van der Waals surface area contributed by atoms with Crippen LogP contribution in [0.25, 0.3) is 10.8 Å². The SMILES string of the molecule is Cc1cncc2cccc(S(=O)(=O)N3CCCNC(C)C3)c12.Cl. The number of hydrogen-bond acceptors (Lipinski definition) is 4. The highest BCUT2D eigenvalue weighted by Crippen LogP contribution is 2.28. The molecule has 0 aliphatic carbocycles. The number of hydrogen-bond donors (Lipinski definition) is 1. The second-order valence-electron chi connectivity index (χ2n) is 5.88. The summed E-state index contributed by atoms with van der Waals surface area (Å²) in [5.41, 5.74) is 0.887. The number of nitrogens with zero attached hydrogens (tertiary/aromatic N) is 2. The number of sulfonamides is 1. The largest absolute Gasteiger partial charge is 0.313 e. The first-order chi connectivity index (χ1) is 10.5. The molecule has 7 heteroatoms. The fraction of sp³-hybridized carbons (Fsp3) is 0.438. The van der Waals surface area contributed by atoms with Crippen LogP contribution >= 0.6 is 12.4 Å². The van der Waals surface area contributed by atoms with Gasteiger partial charge >= 0.3 is 0 Å². The molecule has 0 spiro atoms. The van der Waals surface area contributed by atoms with Gasteiger partial charge in [-0.15, -0.1) is 12.4 Å². The van der Waals surface area contributed by atoms with Gasteiger partial charge in [0, 0.05) is 42.3 Å². The van der Waals surface area contributed by atoms with E-state index in [-0.39, 0.29) is 18.4 Å². The van der Waals surface area contributed by atoms with E-state index in [9.17, 15) is 8.42 Å². The van der Waals surface area contributed by atoms with Crippen molar-refractivity contribution in [2.24, 2.45) is 0 Å². The summed E-state index contributed by atoms with van der Waals surface area (Å²) in [6.45, 7) is 5.84. The van der Waals surface area contributed by atoms with Crippen LogP contribution in [-0.2, 0) is 10.0 Å². The summed E-state index contributed by atoms with van der Waals surface area (Å²) in [5, 5.41) is 4.97. The first-order valence-electron chi connectivity index (χ1n) is 7.57. The summed E-state index contributed by atoms with van der Waals surface area (Å²) in [7, 11) is -3.50. The summed E-state index contributed by atoms with van der Waals surface area (Å²) in [6, 6.07) is 5.56. The van der Waals surface area contributed by atoms with Crippen molar-refractivity contribution in [3.05, 3.63) is 36.2 Å². The zero-order valence-corrected chi connectivity index (χ0v) is 15.0. The van der Waals surface area contributed by atoms with Crippen molar-refractivity contribution in [1.29, 1.82) is 0 Å². The van der Waals surface area contributed by atoms with Crippen LogP contribution in [0.2, 0.25) is 0 Å². The van der Waals surface area contributed by atoms with Gasteiger partial charge in [0.2, 0.25) is 10.0 Å². The maximum Gasteiger partial charge on any atom is 0.243 e. The molecule has 0 saturated carbocycles. The van der Waals surface area contributed by atoms with Crippen LogP contribution in [0.3, 0.4) is 0 Å². The topological polar surface area (TPSA) is 62.3 Å². The zero-order chi connectivity index (χ0) is 15.7. The molecule has 5 nitrogen and oxygen atoms in total. The molecule has 1 aliphatic rings. The van der Waals surface area contributed by atoms with E-state index in [2.05, 4.69) is 10.3 Å². The molecule has 0 amide bonds. The summed E-state index contributed by atoms with van der Waals surface area (Å²) in [4.78, 5) is 4.54. The lowest BCUT2D eigenvalue weighted by atomic mass is 10.1. The van der Waals surface area contributed by atoms with E-state index in [4.69, 9.17) is 0 Å². The van der Waals surface area contributed by atoms with Crippen LogP contribution in [-0.4, -0.2) is 43.4 Å². The molecule has 0 bridgehead atoms. The number of fused-ring (bicyclic) bond motifs is 1. The minimum absolute atomic E-state index is 0. The van der Waals surface area contributed by atoms with Gasteiger partial charge in [0.15, 0.2) is 0 Å². The van der Waals surface area contributed by atoms with Crippen molar-refractivity contribution in [1.82, 2.24) is 14.6 Å². The molecular weight excluding hydrogens is 334 g/mol. The van der Waals surface area contributed by atoms with Crippen molar-refractivity contribution < 1.29 is 8.42 Å². The van der Waals surface area contributed by atoms with Crippen molar-refractivity contribution in [2.45, 2.75) is 31.2 Å². The van der Waals surface area contributed by atoms with E-state index in [0.717, 1.165) is 29.3 Å². The Morgan fingerprint density at radius 3 is 2.87 bits per heavy atom. The number of aromatic nitrogens is 1. The van der Waals surface area contributed by atoms with Crippen molar-refractivity contribution in [2.75, 3.05) is 19.6 Å². The Morgan fingerprint density at radius 1 is 1.30 bits per heavy atom. The minimum Gasteiger partial charge on any atom is -0.313 e. The number of aryl methyl sites for hydroxylation is 1. The quantitative estimate of drug-likeness (QED) is 0.898. The number of pyridine rings is 1. The Morgan fingerprint density at radius 2 is 2.09 bits per heavy atom. The van der Waals surface area contributed by atoms with Gasteiger partial charge in [0.05, 0.1) is 4.90 Å². The maximum atomic E-state index is 13.1. The van der Waals surface area contributed by atoms with Gasteiger partial charge in [0.1, 0.15) is 0 Å². The fourth-order valence-corrected chi connectivity index (χ4v) is 4.86. The fourth-order valence-electron chi connectivity index (χ4n) is 3.01. The lowest BCUT2D eigenvalue weighted by Gasteiger charge is -2.23. The molecule has 1 unspecified atom stereocenters. The Labute approximate surface area is 143 Å². The van der Waals surface area contributed by atoms with E-state index in [1.807, 2.05) is 19.9 Å². The summed E-state index contributed by atoms with van der Waals surface area (Å²) in [6.07, 6.45) is 4.26. The minimum atomic E-state index is -3.50. The van der Waals surface area contributed by atoms with Gasteiger partial charge < -0.3 is 5.32 Å². The summed E-state index contributed by atoms with van der Waals surface area (Å²) >= 11 is 0. The Hall–Kier alpha value is -1.21. The van der Waals surface area contributed by atoms with Gasteiger partial charge in [-0.25, -0.2) is 8.42 Å².